The molecule has 0 N–H and O–H groups in total. The summed E-state index contributed by atoms with van der Waals surface area (Å²) in [4.78, 5) is 15.5. The van der Waals surface area contributed by atoms with Gasteiger partial charge in [-0.15, -0.1) is 0 Å². The zero-order valence-electron chi connectivity index (χ0n) is 43.6. The molecule has 0 radical (unpaired) electrons. The molecule has 0 amide bonds. The van der Waals surface area contributed by atoms with E-state index in [1.54, 1.807) is 0 Å². The first-order valence-corrected chi connectivity index (χ1v) is 27.2. The van der Waals surface area contributed by atoms with Gasteiger partial charge in [0.2, 0.25) is 0 Å². The van der Waals surface area contributed by atoms with Crippen LogP contribution in [0.3, 0.4) is 0 Å². The quantitative estimate of drug-likeness (QED) is 0.160. The van der Waals surface area contributed by atoms with Crippen LogP contribution in [0.2, 0.25) is 0 Å². The second-order valence-corrected chi connectivity index (χ2v) is 21.6. The highest BCUT2D eigenvalue weighted by Crippen LogP contribution is 2.53. The lowest BCUT2D eigenvalue weighted by atomic mass is 9.81. The van der Waals surface area contributed by atoms with Crippen LogP contribution in [0.4, 0.5) is 0 Å². The number of benzene rings is 12. The molecule has 0 fully saturated rings. The number of rotatable bonds is 7. The molecule has 0 saturated carbocycles. The standard InChI is InChI=1S/C74H49N5/c1-74(2)64-43-51-26-13-12-25-50(51)40-59(64)60-44-63-62-42-53(52-33-36-68-61(41-52)57-31-16-17-32-66(57)78(68)54-28-18-27-49(39-54)46-19-6-3-7-20-46)34-37-69(62)79(70(63)45-65(60)74)67-38-35-58(55-29-14-15-30-56(55)67)73-76-71(47-21-8-4-9-22-47)75-72(77-73)48-23-10-5-11-24-48/h3-45H,1-2H3. The van der Waals surface area contributed by atoms with E-state index in [0.29, 0.717) is 17.5 Å². The first kappa shape index (κ1) is 45.0. The molecule has 0 saturated heterocycles. The van der Waals surface area contributed by atoms with Gasteiger partial charge in [0.15, 0.2) is 17.5 Å². The molecule has 16 rings (SSSR count). The monoisotopic (exact) mass is 1010 g/mol. The first-order valence-electron chi connectivity index (χ1n) is 27.2. The molecular formula is C74H49N5. The number of fused-ring (bicyclic) bond motifs is 11. The molecule has 5 nitrogen and oxygen atoms in total. The van der Waals surface area contributed by atoms with Crippen molar-refractivity contribution in [1.29, 1.82) is 0 Å². The van der Waals surface area contributed by atoms with Crippen molar-refractivity contribution in [3.05, 3.63) is 272 Å². The molecule has 3 aromatic heterocycles. The maximum absolute atomic E-state index is 5.21. The second-order valence-electron chi connectivity index (χ2n) is 21.6. The molecule has 0 unspecified atom stereocenters. The molecule has 1 aliphatic rings. The van der Waals surface area contributed by atoms with Crippen LogP contribution in [0, 0.1) is 0 Å². The Bertz CT molecular complexity index is 4910. The van der Waals surface area contributed by atoms with Crippen molar-refractivity contribution in [2.45, 2.75) is 19.3 Å². The van der Waals surface area contributed by atoms with E-state index >= 15 is 0 Å². The van der Waals surface area contributed by atoms with E-state index < -0.39 is 0 Å². The zero-order chi connectivity index (χ0) is 52.3. The molecule has 0 bridgehead atoms. The Balaban J connectivity index is 0.909. The van der Waals surface area contributed by atoms with E-state index in [0.717, 1.165) is 44.4 Å². The van der Waals surface area contributed by atoms with Crippen LogP contribution in [0.25, 0.3) is 144 Å². The van der Waals surface area contributed by atoms with Crippen molar-refractivity contribution in [3.63, 3.8) is 0 Å². The lowest BCUT2D eigenvalue weighted by Gasteiger charge is -2.22. The van der Waals surface area contributed by atoms with Gasteiger partial charge in [0.05, 0.1) is 27.8 Å². The molecule has 1 aliphatic carbocycles. The predicted octanol–water partition coefficient (Wildman–Crippen LogP) is 19.0. The molecule has 0 atom stereocenters. The summed E-state index contributed by atoms with van der Waals surface area (Å²) in [6.45, 7) is 4.78. The molecule has 0 spiro atoms. The van der Waals surface area contributed by atoms with E-state index in [9.17, 15) is 0 Å². The zero-order valence-corrected chi connectivity index (χ0v) is 43.6. The summed E-state index contributed by atoms with van der Waals surface area (Å²) in [6, 6.07) is 94.7. The molecule has 12 aromatic carbocycles. The van der Waals surface area contributed by atoms with E-state index in [2.05, 4.69) is 247 Å². The Morgan fingerprint density at radius 3 is 1.47 bits per heavy atom. The molecule has 3 heterocycles. The third-order valence-corrected chi connectivity index (χ3v) is 16.7. The van der Waals surface area contributed by atoms with Gasteiger partial charge in [-0.2, -0.15) is 0 Å². The molecule has 79 heavy (non-hydrogen) atoms. The Kier molecular flexibility index (Phi) is 9.91. The van der Waals surface area contributed by atoms with Gasteiger partial charge in [-0.25, -0.2) is 15.0 Å². The van der Waals surface area contributed by atoms with Gasteiger partial charge in [0, 0.05) is 54.7 Å². The summed E-state index contributed by atoms with van der Waals surface area (Å²) < 4.78 is 4.93. The van der Waals surface area contributed by atoms with Gasteiger partial charge in [-0.3, -0.25) is 0 Å². The average Bonchev–Trinajstić information content (AvgIpc) is 4.20. The number of nitrogens with zero attached hydrogens (tertiary/aromatic N) is 5. The van der Waals surface area contributed by atoms with Crippen molar-refractivity contribution >= 4 is 65.2 Å². The number of para-hydroxylation sites is 1. The van der Waals surface area contributed by atoms with Gasteiger partial charge in [-0.1, -0.05) is 196 Å². The smallest absolute Gasteiger partial charge is 0.164 e. The topological polar surface area (TPSA) is 48.5 Å². The van der Waals surface area contributed by atoms with Crippen LogP contribution in [0.15, 0.2) is 261 Å². The van der Waals surface area contributed by atoms with Crippen molar-refractivity contribution in [1.82, 2.24) is 24.1 Å². The summed E-state index contributed by atoms with van der Waals surface area (Å²) in [7, 11) is 0. The number of hydrogen-bond acceptors (Lipinski definition) is 3. The fraction of sp³-hybridized carbons (Fsp3) is 0.0405. The Morgan fingerprint density at radius 1 is 0.278 bits per heavy atom. The largest absolute Gasteiger partial charge is 0.309 e. The minimum atomic E-state index is -0.232. The summed E-state index contributed by atoms with van der Waals surface area (Å²) in [5, 5.41) is 9.57. The van der Waals surface area contributed by atoms with E-state index in [1.165, 1.54) is 93.4 Å². The number of aromatic nitrogens is 5. The SMILES string of the molecule is CC1(C)c2cc3ccccc3cc2-c2cc3c4cc(-c5ccc6c(c5)c5ccccc5n6-c5cccc(-c6ccccc6)c5)ccc4n(-c4ccc(-c5nc(-c6ccccc6)nc(-c6ccccc6)n5)c5ccccc45)c3cc21. The van der Waals surface area contributed by atoms with Crippen LogP contribution >= 0.6 is 0 Å². The van der Waals surface area contributed by atoms with Crippen LogP contribution in [-0.2, 0) is 5.41 Å². The summed E-state index contributed by atoms with van der Waals surface area (Å²) in [6.07, 6.45) is 0. The lowest BCUT2D eigenvalue weighted by molar-refractivity contribution is 0.662. The normalized spacial score (nSPS) is 12.8. The Hall–Kier alpha value is -10.2. The third-order valence-electron chi connectivity index (χ3n) is 16.7. The number of hydrogen-bond donors (Lipinski definition) is 0. The van der Waals surface area contributed by atoms with Crippen LogP contribution in [0.5, 0.6) is 0 Å². The average molecular weight is 1010 g/mol. The van der Waals surface area contributed by atoms with Crippen molar-refractivity contribution in [2.24, 2.45) is 0 Å². The second kappa shape index (κ2) is 17.4. The van der Waals surface area contributed by atoms with Crippen LogP contribution in [-0.4, -0.2) is 24.1 Å². The summed E-state index contributed by atoms with van der Waals surface area (Å²) in [5.74, 6) is 1.91. The molecule has 370 valence electrons. The van der Waals surface area contributed by atoms with Crippen LogP contribution in [0.1, 0.15) is 25.0 Å². The van der Waals surface area contributed by atoms with Gasteiger partial charge in [0.1, 0.15) is 0 Å². The Labute approximate surface area is 457 Å². The van der Waals surface area contributed by atoms with Crippen molar-refractivity contribution in [2.75, 3.05) is 0 Å². The van der Waals surface area contributed by atoms with Crippen molar-refractivity contribution in [3.8, 4) is 78.9 Å². The highest BCUT2D eigenvalue weighted by Gasteiger charge is 2.37. The minimum Gasteiger partial charge on any atom is -0.309 e. The molecular weight excluding hydrogens is 959 g/mol. The van der Waals surface area contributed by atoms with Crippen LogP contribution < -0.4 is 0 Å². The maximum atomic E-state index is 5.21. The fourth-order valence-corrected chi connectivity index (χ4v) is 12.9. The minimum absolute atomic E-state index is 0.232. The fourth-order valence-electron chi connectivity index (χ4n) is 12.9. The Morgan fingerprint density at radius 2 is 0.772 bits per heavy atom. The highest BCUT2D eigenvalue weighted by atomic mass is 15.0. The first-order chi connectivity index (χ1) is 38.9. The van der Waals surface area contributed by atoms with E-state index in [4.69, 9.17) is 15.0 Å². The molecule has 0 aliphatic heterocycles. The summed E-state index contributed by atoms with van der Waals surface area (Å²) in [5.41, 5.74) is 19.6. The van der Waals surface area contributed by atoms with E-state index in [-0.39, 0.29) is 5.41 Å². The van der Waals surface area contributed by atoms with E-state index in [1.807, 2.05) is 36.4 Å². The molecule has 15 aromatic rings. The lowest BCUT2D eigenvalue weighted by Crippen LogP contribution is -2.15. The molecule has 5 heteroatoms. The van der Waals surface area contributed by atoms with Gasteiger partial charge >= 0.3 is 0 Å². The van der Waals surface area contributed by atoms with Crippen molar-refractivity contribution < 1.29 is 0 Å². The predicted molar refractivity (Wildman–Crippen MR) is 328 cm³/mol. The van der Waals surface area contributed by atoms with Gasteiger partial charge < -0.3 is 9.13 Å². The highest BCUT2D eigenvalue weighted by molar-refractivity contribution is 6.16. The third kappa shape index (κ3) is 7.06. The maximum Gasteiger partial charge on any atom is 0.164 e. The van der Waals surface area contributed by atoms with Gasteiger partial charge in [0.25, 0.3) is 0 Å². The summed E-state index contributed by atoms with van der Waals surface area (Å²) >= 11 is 0. The van der Waals surface area contributed by atoms with Gasteiger partial charge in [-0.05, 0) is 140 Å².